The van der Waals surface area contributed by atoms with Crippen LogP contribution in [0, 0.1) is 0 Å². The highest BCUT2D eigenvalue weighted by Gasteiger charge is 2.65. The van der Waals surface area contributed by atoms with E-state index in [1.54, 1.807) is 0 Å². The number of halogens is 7. The lowest BCUT2D eigenvalue weighted by Gasteiger charge is -2.19. The van der Waals surface area contributed by atoms with Gasteiger partial charge in [0.05, 0.1) is 0 Å². The molecule has 0 radical (unpaired) electrons. The zero-order valence-electron chi connectivity index (χ0n) is 5.54. The van der Waals surface area contributed by atoms with E-state index in [1.807, 2.05) is 0 Å². The first-order chi connectivity index (χ1) is 5.56. The monoisotopic (exact) mass is 278 g/mol. The van der Waals surface area contributed by atoms with Crippen molar-refractivity contribution in [3.8, 4) is 0 Å². The van der Waals surface area contributed by atoms with Crippen LogP contribution in [-0.2, 0) is 9.47 Å². The molecule has 0 atom stereocenters. The molecule has 0 aromatic rings. The number of alkyl halides is 7. The van der Waals surface area contributed by atoms with Crippen LogP contribution in [0.2, 0.25) is 0 Å². The molecular formula is C4HCl4F3O2. The molecular weight excluding hydrogens is 279 g/mol. The smallest absolute Gasteiger partial charge is 0.303 e. The largest absolute Gasteiger partial charge is 0.440 e. The first kappa shape index (κ1) is 11.9. The molecule has 0 amide bonds. The molecule has 0 N–H and O–H groups in total. The molecule has 1 fully saturated rings. The van der Waals surface area contributed by atoms with Gasteiger partial charge in [-0.3, -0.25) is 0 Å². The van der Waals surface area contributed by atoms with Crippen molar-refractivity contribution in [1.29, 1.82) is 0 Å². The number of hydrogen-bond acceptors (Lipinski definition) is 2. The predicted molar refractivity (Wildman–Crippen MR) is 40.9 cm³/mol. The fraction of sp³-hybridized carbons (Fsp3) is 1.00. The minimum Gasteiger partial charge on any atom is -0.303 e. The zero-order chi connectivity index (χ0) is 10.5. The summed E-state index contributed by atoms with van der Waals surface area (Å²) >= 11 is 20.9. The summed E-state index contributed by atoms with van der Waals surface area (Å²) in [5.41, 5.74) is 0. The Bertz CT molecular complexity index is 200. The van der Waals surface area contributed by atoms with E-state index in [9.17, 15) is 13.2 Å². The van der Waals surface area contributed by atoms with Crippen molar-refractivity contribution in [2.24, 2.45) is 0 Å². The molecule has 0 aromatic heterocycles. The molecule has 0 unspecified atom stereocenters. The standard InChI is InChI=1S/C4HCl4F3O2/c5-3(6)4(7,8)13-1(12-3)2(9,10)11/h1H. The van der Waals surface area contributed by atoms with Gasteiger partial charge in [-0.25, -0.2) is 0 Å². The molecule has 0 aromatic carbocycles. The van der Waals surface area contributed by atoms with Crippen LogP contribution < -0.4 is 0 Å². The summed E-state index contributed by atoms with van der Waals surface area (Å²) in [6, 6.07) is 0. The lowest BCUT2D eigenvalue weighted by Crippen LogP contribution is -2.31. The molecule has 13 heavy (non-hydrogen) atoms. The first-order valence-corrected chi connectivity index (χ1v) is 4.25. The van der Waals surface area contributed by atoms with E-state index in [0.29, 0.717) is 0 Å². The molecule has 9 heteroatoms. The van der Waals surface area contributed by atoms with E-state index in [4.69, 9.17) is 46.4 Å². The van der Waals surface area contributed by atoms with Gasteiger partial charge in [0.1, 0.15) is 0 Å². The summed E-state index contributed by atoms with van der Waals surface area (Å²) in [6.45, 7) is 0. The van der Waals surface area contributed by atoms with E-state index in [0.717, 1.165) is 0 Å². The van der Waals surface area contributed by atoms with Crippen LogP contribution in [0.4, 0.5) is 13.2 Å². The highest BCUT2D eigenvalue weighted by molar-refractivity contribution is 6.61. The molecule has 78 valence electrons. The van der Waals surface area contributed by atoms with E-state index in [1.165, 1.54) is 0 Å². The lowest BCUT2D eigenvalue weighted by molar-refractivity contribution is -0.278. The van der Waals surface area contributed by atoms with Crippen LogP contribution in [0.1, 0.15) is 0 Å². The van der Waals surface area contributed by atoms with Gasteiger partial charge in [-0.2, -0.15) is 13.2 Å². The average Bonchev–Trinajstić information content (AvgIpc) is 2.00. The SMILES string of the molecule is FC(F)(F)C1OC(Cl)(Cl)C(Cl)(Cl)O1. The number of hydrogen-bond donors (Lipinski definition) is 0. The van der Waals surface area contributed by atoms with Crippen molar-refractivity contribution in [3.63, 3.8) is 0 Å². The molecule has 0 saturated carbocycles. The van der Waals surface area contributed by atoms with Crippen LogP contribution in [0.25, 0.3) is 0 Å². The Morgan fingerprint density at radius 1 is 0.923 bits per heavy atom. The summed E-state index contributed by atoms with van der Waals surface area (Å²) in [6.07, 6.45) is -7.42. The van der Waals surface area contributed by atoms with Gasteiger partial charge in [0.2, 0.25) is 0 Å². The number of ether oxygens (including phenoxy) is 2. The molecule has 1 saturated heterocycles. The maximum absolute atomic E-state index is 12.0. The molecule has 1 rings (SSSR count). The van der Waals surface area contributed by atoms with Gasteiger partial charge in [-0.05, 0) is 0 Å². The van der Waals surface area contributed by atoms with Crippen LogP contribution >= 0.6 is 46.4 Å². The second-order valence-corrected chi connectivity index (χ2v) is 4.66. The number of rotatable bonds is 0. The normalized spacial score (nSPS) is 27.9. The van der Waals surface area contributed by atoms with Gasteiger partial charge in [0.25, 0.3) is 15.3 Å². The Morgan fingerprint density at radius 2 is 1.23 bits per heavy atom. The third-order valence-electron chi connectivity index (χ3n) is 1.12. The minimum absolute atomic E-state index is 2.45. The lowest BCUT2D eigenvalue weighted by atomic mass is 10.6. The summed E-state index contributed by atoms with van der Waals surface area (Å²) < 4.78 is 39.1. The van der Waals surface area contributed by atoms with Crippen molar-refractivity contribution in [1.82, 2.24) is 0 Å². The summed E-state index contributed by atoms with van der Waals surface area (Å²) in [7, 11) is 0. The van der Waals surface area contributed by atoms with E-state index < -0.39 is 21.5 Å². The van der Waals surface area contributed by atoms with E-state index >= 15 is 0 Å². The summed E-state index contributed by atoms with van der Waals surface area (Å²) in [4.78, 5) is 0. The summed E-state index contributed by atoms with van der Waals surface area (Å²) in [5, 5.41) is 0. The Hall–Kier alpha value is 0.870. The van der Waals surface area contributed by atoms with E-state index in [2.05, 4.69) is 9.47 Å². The van der Waals surface area contributed by atoms with Gasteiger partial charge in [-0.1, -0.05) is 46.4 Å². The van der Waals surface area contributed by atoms with Gasteiger partial charge >= 0.3 is 6.18 Å². The van der Waals surface area contributed by atoms with Crippen molar-refractivity contribution < 1.29 is 22.6 Å². The molecule has 1 aliphatic heterocycles. The highest BCUT2D eigenvalue weighted by atomic mass is 35.5. The molecule has 1 heterocycles. The van der Waals surface area contributed by atoms with Crippen LogP contribution in [0.3, 0.4) is 0 Å². The zero-order valence-corrected chi connectivity index (χ0v) is 8.56. The van der Waals surface area contributed by atoms with Crippen LogP contribution in [-0.4, -0.2) is 21.5 Å². The highest BCUT2D eigenvalue weighted by Crippen LogP contribution is 2.53. The molecule has 1 aliphatic rings. The topological polar surface area (TPSA) is 18.5 Å². The molecule has 0 spiro atoms. The van der Waals surface area contributed by atoms with Crippen LogP contribution in [0.5, 0.6) is 0 Å². The molecule has 0 aliphatic carbocycles. The fourth-order valence-corrected chi connectivity index (χ4v) is 1.07. The van der Waals surface area contributed by atoms with Gasteiger partial charge in [0, 0.05) is 0 Å². The Balaban J connectivity index is 2.83. The van der Waals surface area contributed by atoms with Gasteiger partial charge in [-0.15, -0.1) is 0 Å². The fourth-order valence-electron chi connectivity index (χ4n) is 0.564. The van der Waals surface area contributed by atoms with Crippen LogP contribution in [0.15, 0.2) is 0 Å². The van der Waals surface area contributed by atoms with E-state index in [-0.39, 0.29) is 0 Å². The average molecular weight is 280 g/mol. The van der Waals surface area contributed by atoms with Crippen molar-refractivity contribution in [2.45, 2.75) is 21.5 Å². The minimum atomic E-state index is -4.79. The maximum Gasteiger partial charge on any atom is 0.440 e. The second-order valence-electron chi connectivity index (χ2n) is 2.14. The van der Waals surface area contributed by atoms with Crippen molar-refractivity contribution in [3.05, 3.63) is 0 Å². The second kappa shape index (κ2) is 3.18. The Labute approximate surface area is 90.8 Å². The first-order valence-electron chi connectivity index (χ1n) is 2.74. The Kier molecular flexibility index (Phi) is 2.92. The molecule has 2 nitrogen and oxygen atoms in total. The quantitative estimate of drug-likeness (QED) is 0.634. The van der Waals surface area contributed by atoms with Gasteiger partial charge < -0.3 is 9.47 Å². The predicted octanol–water partition coefficient (Wildman–Crippen LogP) is 3.18. The Morgan fingerprint density at radius 3 is 1.38 bits per heavy atom. The van der Waals surface area contributed by atoms with Crippen molar-refractivity contribution in [2.75, 3.05) is 0 Å². The third-order valence-corrected chi connectivity index (χ3v) is 2.92. The maximum atomic E-state index is 12.0. The molecule has 0 bridgehead atoms. The van der Waals surface area contributed by atoms with Gasteiger partial charge in [0.15, 0.2) is 0 Å². The summed E-state index contributed by atoms with van der Waals surface area (Å²) in [5.74, 6) is 0. The van der Waals surface area contributed by atoms with Crippen molar-refractivity contribution >= 4 is 46.4 Å². The third kappa shape index (κ3) is 2.27.